The molecule has 1 aromatic heterocycles. The summed E-state index contributed by atoms with van der Waals surface area (Å²) in [6.45, 7) is 2.01. The van der Waals surface area contributed by atoms with E-state index < -0.39 is 0 Å². The standard InChI is InChI=1S/C8H12BrN3O/c9-8-7(13)5-11-12(8)6-2-1-3-10-4-6/h5-6,10,13H,1-4H2. The predicted octanol–water partition coefficient (Wildman–Crippen LogP) is 1.28. The molecule has 0 bridgehead atoms. The molecule has 1 saturated heterocycles. The summed E-state index contributed by atoms with van der Waals surface area (Å²) in [6, 6.07) is 0.365. The normalized spacial score (nSPS) is 23.3. The molecule has 1 atom stereocenters. The van der Waals surface area contributed by atoms with Gasteiger partial charge in [-0.3, -0.25) is 4.68 Å². The number of halogens is 1. The van der Waals surface area contributed by atoms with E-state index in [-0.39, 0.29) is 5.75 Å². The highest BCUT2D eigenvalue weighted by molar-refractivity contribution is 9.10. The molecule has 2 heterocycles. The smallest absolute Gasteiger partial charge is 0.168 e. The van der Waals surface area contributed by atoms with E-state index in [1.165, 1.54) is 6.20 Å². The summed E-state index contributed by atoms with van der Waals surface area (Å²) in [6.07, 6.45) is 3.75. The number of rotatable bonds is 1. The van der Waals surface area contributed by atoms with Crippen LogP contribution in [0.3, 0.4) is 0 Å². The zero-order valence-electron chi connectivity index (χ0n) is 7.20. The van der Waals surface area contributed by atoms with Crippen molar-refractivity contribution in [1.29, 1.82) is 0 Å². The Morgan fingerprint density at radius 1 is 1.69 bits per heavy atom. The van der Waals surface area contributed by atoms with Gasteiger partial charge in [0.25, 0.3) is 0 Å². The molecular formula is C8H12BrN3O. The van der Waals surface area contributed by atoms with E-state index in [1.54, 1.807) is 0 Å². The van der Waals surface area contributed by atoms with E-state index in [4.69, 9.17) is 0 Å². The predicted molar refractivity (Wildman–Crippen MR) is 52.7 cm³/mol. The van der Waals surface area contributed by atoms with Crippen LogP contribution in [0.25, 0.3) is 0 Å². The molecule has 1 fully saturated rings. The average molecular weight is 246 g/mol. The number of piperidine rings is 1. The first kappa shape index (κ1) is 9.02. The summed E-state index contributed by atoms with van der Waals surface area (Å²) in [5, 5.41) is 16.7. The highest BCUT2D eigenvalue weighted by Crippen LogP contribution is 2.27. The second-order valence-electron chi connectivity index (χ2n) is 3.27. The number of aromatic nitrogens is 2. The second kappa shape index (κ2) is 3.67. The lowest BCUT2D eigenvalue weighted by atomic mass is 10.1. The molecule has 1 aromatic rings. The molecule has 4 nitrogen and oxygen atoms in total. The molecule has 5 heteroatoms. The Kier molecular flexibility index (Phi) is 2.55. The van der Waals surface area contributed by atoms with Crippen LogP contribution < -0.4 is 5.32 Å². The topological polar surface area (TPSA) is 50.1 Å². The van der Waals surface area contributed by atoms with E-state index >= 15 is 0 Å². The van der Waals surface area contributed by atoms with Crippen LogP contribution in [0.1, 0.15) is 18.9 Å². The van der Waals surface area contributed by atoms with E-state index in [1.807, 2.05) is 4.68 Å². The Morgan fingerprint density at radius 2 is 2.54 bits per heavy atom. The zero-order chi connectivity index (χ0) is 9.26. The fourth-order valence-corrected chi connectivity index (χ4v) is 2.12. The largest absolute Gasteiger partial charge is 0.504 e. The molecule has 0 spiro atoms. The van der Waals surface area contributed by atoms with Crippen molar-refractivity contribution >= 4 is 15.9 Å². The van der Waals surface area contributed by atoms with E-state index in [9.17, 15) is 5.11 Å². The third kappa shape index (κ3) is 1.71. The molecule has 0 radical (unpaired) electrons. The van der Waals surface area contributed by atoms with Crippen molar-refractivity contribution in [3.05, 3.63) is 10.8 Å². The Bertz CT molecular complexity index is 294. The summed E-state index contributed by atoms with van der Waals surface area (Å²) in [4.78, 5) is 0. The quantitative estimate of drug-likeness (QED) is 0.784. The zero-order valence-corrected chi connectivity index (χ0v) is 8.79. The minimum atomic E-state index is 0.213. The van der Waals surface area contributed by atoms with Gasteiger partial charge in [0.2, 0.25) is 0 Å². The average Bonchev–Trinajstić information content (AvgIpc) is 2.49. The molecule has 0 aromatic carbocycles. The van der Waals surface area contributed by atoms with Gasteiger partial charge >= 0.3 is 0 Å². The molecule has 13 heavy (non-hydrogen) atoms. The van der Waals surface area contributed by atoms with Gasteiger partial charge in [0.05, 0.1) is 12.2 Å². The fourth-order valence-electron chi connectivity index (χ4n) is 1.63. The Balaban J connectivity index is 2.18. The highest BCUT2D eigenvalue weighted by atomic mass is 79.9. The van der Waals surface area contributed by atoms with Crippen LogP contribution >= 0.6 is 15.9 Å². The van der Waals surface area contributed by atoms with Crippen molar-refractivity contribution in [3.63, 3.8) is 0 Å². The third-order valence-electron chi connectivity index (χ3n) is 2.33. The van der Waals surface area contributed by atoms with Gasteiger partial charge in [0.15, 0.2) is 5.75 Å². The summed E-state index contributed by atoms with van der Waals surface area (Å²) in [5.41, 5.74) is 0. The molecule has 1 aliphatic rings. The molecular weight excluding hydrogens is 234 g/mol. The van der Waals surface area contributed by atoms with Gasteiger partial charge in [-0.1, -0.05) is 0 Å². The SMILES string of the molecule is Oc1cnn(C2CCCNC2)c1Br. The molecule has 1 unspecified atom stereocenters. The number of hydrogen-bond acceptors (Lipinski definition) is 3. The van der Waals surface area contributed by atoms with E-state index in [0.29, 0.717) is 10.6 Å². The Morgan fingerprint density at radius 3 is 3.08 bits per heavy atom. The Hall–Kier alpha value is -0.550. The fraction of sp³-hybridized carbons (Fsp3) is 0.625. The molecule has 72 valence electrons. The van der Waals surface area contributed by atoms with Gasteiger partial charge in [0.1, 0.15) is 4.60 Å². The summed E-state index contributed by atoms with van der Waals surface area (Å²) < 4.78 is 2.52. The van der Waals surface area contributed by atoms with Crippen molar-refractivity contribution < 1.29 is 5.11 Å². The van der Waals surface area contributed by atoms with Crippen molar-refractivity contribution in [2.24, 2.45) is 0 Å². The molecule has 0 saturated carbocycles. The molecule has 2 rings (SSSR count). The molecule has 0 aliphatic carbocycles. The van der Waals surface area contributed by atoms with Gasteiger partial charge in [-0.25, -0.2) is 0 Å². The van der Waals surface area contributed by atoms with E-state index in [0.717, 1.165) is 25.9 Å². The lowest BCUT2D eigenvalue weighted by molar-refractivity contribution is 0.340. The first-order chi connectivity index (χ1) is 6.29. The molecule has 1 aliphatic heterocycles. The first-order valence-electron chi connectivity index (χ1n) is 4.41. The summed E-state index contributed by atoms with van der Waals surface area (Å²) >= 11 is 3.31. The monoisotopic (exact) mass is 245 g/mol. The van der Waals surface area contributed by atoms with Gasteiger partial charge in [-0.15, -0.1) is 0 Å². The second-order valence-corrected chi connectivity index (χ2v) is 4.02. The maximum atomic E-state index is 9.32. The maximum absolute atomic E-state index is 9.32. The van der Waals surface area contributed by atoms with E-state index in [2.05, 4.69) is 26.3 Å². The first-order valence-corrected chi connectivity index (χ1v) is 5.21. The van der Waals surface area contributed by atoms with Crippen molar-refractivity contribution in [1.82, 2.24) is 15.1 Å². The van der Waals surface area contributed by atoms with Crippen LogP contribution in [-0.4, -0.2) is 28.0 Å². The van der Waals surface area contributed by atoms with Crippen LogP contribution in [0.15, 0.2) is 10.8 Å². The van der Waals surface area contributed by atoms with Crippen LogP contribution in [0.2, 0.25) is 0 Å². The van der Waals surface area contributed by atoms with Gasteiger partial charge in [-0.05, 0) is 35.3 Å². The highest BCUT2D eigenvalue weighted by Gasteiger charge is 2.18. The van der Waals surface area contributed by atoms with Crippen molar-refractivity contribution in [3.8, 4) is 5.75 Å². The minimum absolute atomic E-state index is 0.213. The third-order valence-corrected chi connectivity index (χ3v) is 3.10. The van der Waals surface area contributed by atoms with Crippen LogP contribution in [0.4, 0.5) is 0 Å². The van der Waals surface area contributed by atoms with Crippen molar-refractivity contribution in [2.75, 3.05) is 13.1 Å². The summed E-state index contributed by atoms with van der Waals surface area (Å²) in [5.74, 6) is 0.213. The number of nitrogens with zero attached hydrogens (tertiary/aromatic N) is 2. The van der Waals surface area contributed by atoms with Gasteiger partial charge < -0.3 is 10.4 Å². The Labute approximate surface area is 85.1 Å². The van der Waals surface area contributed by atoms with Crippen LogP contribution in [0.5, 0.6) is 5.75 Å². The van der Waals surface area contributed by atoms with Gasteiger partial charge in [-0.2, -0.15) is 5.10 Å². The minimum Gasteiger partial charge on any atom is -0.504 e. The number of aromatic hydroxyl groups is 1. The molecule has 2 N–H and O–H groups in total. The lowest BCUT2D eigenvalue weighted by Crippen LogP contribution is -2.32. The number of hydrogen-bond donors (Lipinski definition) is 2. The lowest BCUT2D eigenvalue weighted by Gasteiger charge is -2.23. The van der Waals surface area contributed by atoms with Crippen LogP contribution in [-0.2, 0) is 0 Å². The van der Waals surface area contributed by atoms with Gasteiger partial charge in [0, 0.05) is 6.54 Å². The van der Waals surface area contributed by atoms with Crippen LogP contribution in [0, 0.1) is 0 Å². The maximum Gasteiger partial charge on any atom is 0.168 e. The number of nitrogens with one attached hydrogen (secondary N) is 1. The van der Waals surface area contributed by atoms with Crippen molar-refractivity contribution in [2.45, 2.75) is 18.9 Å². The molecule has 0 amide bonds. The summed E-state index contributed by atoms with van der Waals surface area (Å²) in [7, 11) is 0.